The summed E-state index contributed by atoms with van der Waals surface area (Å²) < 4.78 is 13.1. The Labute approximate surface area is 121 Å². The quantitative estimate of drug-likeness (QED) is 0.882. The lowest BCUT2D eigenvalue weighted by atomic mass is 10.3. The van der Waals surface area contributed by atoms with Gasteiger partial charge in [-0.15, -0.1) is 0 Å². The summed E-state index contributed by atoms with van der Waals surface area (Å²) in [7, 11) is 0. The molecule has 106 valence electrons. The van der Waals surface area contributed by atoms with Gasteiger partial charge in [-0.05, 0) is 43.1 Å². The molecule has 0 radical (unpaired) electrons. The van der Waals surface area contributed by atoms with E-state index in [-0.39, 0.29) is 23.1 Å². The minimum Gasteiger partial charge on any atom is -0.352 e. The molecule has 1 heterocycles. The molecule has 0 unspecified atom stereocenters. The minimum atomic E-state index is -0.340. The number of hydrogen-bond acceptors (Lipinski definition) is 5. The molecule has 0 amide bonds. The van der Waals surface area contributed by atoms with Crippen molar-refractivity contribution < 1.29 is 4.39 Å². The molecule has 0 bridgehead atoms. The first-order valence-electron chi connectivity index (χ1n) is 6.27. The molecule has 5 nitrogen and oxygen atoms in total. The van der Waals surface area contributed by atoms with Crippen molar-refractivity contribution in [1.82, 2.24) is 15.0 Å². The molecule has 0 fully saturated rings. The van der Waals surface area contributed by atoms with Crippen LogP contribution in [0, 0.1) is 5.82 Å². The lowest BCUT2D eigenvalue weighted by Crippen LogP contribution is -2.16. The summed E-state index contributed by atoms with van der Waals surface area (Å²) in [5, 5.41) is 6.07. The average molecular weight is 296 g/mol. The number of aromatic nitrogens is 3. The van der Waals surface area contributed by atoms with Gasteiger partial charge in [-0.25, -0.2) is 4.39 Å². The van der Waals surface area contributed by atoms with Crippen molar-refractivity contribution in [2.24, 2.45) is 0 Å². The fraction of sp³-hybridized carbons (Fsp3) is 0.308. The van der Waals surface area contributed by atoms with Crippen LogP contribution in [-0.2, 0) is 0 Å². The lowest BCUT2D eigenvalue weighted by Gasteiger charge is -2.12. The summed E-state index contributed by atoms with van der Waals surface area (Å²) in [6.07, 6.45) is 0.927. The molecule has 2 N–H and O–H groups in total. The Hall–Kier alpha value is -1.95. The van der Waals surface area contributed by atoms with Gasteiger partial charge in [-0.3, -0.25) is 0 Å². The van der Waals surface area contributed by atoms with E-state index in [0.29, 0.717) is 11.6 Å². The molecule has 1 atom stereocenters. The Balaban J connectivity index is 2.19. The number of benzene rings is 1. The third-order valence-corrected chi connectivity index (χ3v) is 2.85. The highest BCUT2D eigenvalue weighted by molar-refractivity contribution is 6.28. The summed E-state index contributed by atoms with van der Waals surface area (Å²) in [4.78, 5) is 12.2. The SMILES string of the molecule is CC[C@@H](C)Nc1nc(Cl)nc(Nc2cccc(F)c2)n1. The van der Waals surface area contributed by atoms with Crippen molar-refractivity contribution >= 4 is 29.2 Å². The van der Waals surface area contributed by atoms with Gasteiger partial charge in [0.2, 0.25) is 17.2 Å². The maximum atomic E-state index is 13.1. The first-order valence-corrected chi connectivity index (χ1v) is 6.65. The summed E-state index contributed by atoms with van der Waals surface area (Å²) in [5.41, 5.74) is 0.543. The number of nitrogens with one attached hydrogen (secondary N) is 2. The molecule has 20 heavy (non-hydrogen) atoms. The van der Waals surface area contributed by atoms with Gasteiger partial charge < -0.3 is 10.6 Å². The zero-order valence-electron chi connectivity index (χ0n) is 11.2. The zero-order valence-corrected chi connectivity index (χ0v) is 11.9. The van der Waals surface area contributed by atoms with Crippen LogP contribution in [0.1, 0.15) is 20.3 Å². The second kappa shape index (κ2) is 6.47. The highest BCUT2D eigenvalue weighted by Crippen LogP contribution is 2.17. The van der Waals surface area contributed by atoms with Gasteiger partial charge in [0.25, 0.3) is 0 Å². The fourth-order valence-electron chi connectivity index (χ4n) is 1.49. The van der Waals surface area contributed by atoms with Crippen LogP contribution in [0.4, 0.5) is 22.0 Å². The highest BCUT2D eigenvalue weighted by Gasteiger charge is 2.07. The molecule has 1 aromatic heterocycles. The Morgan fingerprint density at radius 3 is 2.70 bits per heavy atom. The van der Waals surface area contributed by atoms with Crippen molar-refractivity contribution in [3.63, 3.8) is 0 Å². The molecule has 0 spiro atoms. The fourth-order valence-corrected chi connectivity index (χ4v) is 1.65. The van der Waals surface area contributed by atoms with E-state index in [9.17, 15) is 4.39 Å². The van der Waals surface area contributed by atoms with Crippen molar-refractivity contribution in [2.75, 3.05) is 10.6 Å². The lowest BCUT2D eigenvalue weighted by molar-refractivity contribution is 0.628. The molecule has 2 aromatic rings. The number of hydrogen-bond donors (Lipinski definition) is 2. The maximum absolute atomic E-state index is 13.1. The minimum absolute atomic E-state index is 0.0738. The molecule has 0 saturated heterocycles. The van der Waals surface area contributed by atoms with Gasteiger partial charge >= 0.3 is 0 Å². The Kier molecular flexibility index (Phi) is 4.68. The van der Waals surface area contributed by atoms with E-state index in [0.717, 1.165) is 6.42 Å². The molecule has 0 saturated carbocycles. The maximum Gasteiger partial charge on any atom is 0.233 e. The van der Waals surface area contributed by atoms with Gasteiger partial charge in [0.1, 0.15) is 5.82 Å². The van der Waals surface area contributed by atoms with Gasteiger partial charge in [0.15, 0.2) is 0 Å². The van der Waals surface area contributed by atoms with Crippen molar-refractivity contribution in [2.45, 2.75) is 26.3 Å². The van der Waals surface area contributed by atoms with Crippen molar-refractivity contribution in [3.8, 4) is 0 Å². The third-order valence-electron chi connectivity index (χ3n) is 2.68. The van der Waals surface area contributed by atoms with E-state index < -0.39 is 0 Å². The summed E-state index contributed by atoms with van der Waals surface area (Å²) in [6, 6.07) is 6.23. The van der Waals surface area contributed by atoms with Crippen LogP contribution in [-0.4, -0.2) is 21.0 Å². The van der Waals surface area contributed by atoms with Crippen molar-refractivity contribution in [3.05, 3.63) is 35.4 Å². The predicted molar refractivity (Wildman–Crippen MR) is 77.9 cm³/mol. The second-order valence-electron chi connectivity index (χ2n) is 4.34. The molecule has 2 rings (SSSR count). The van der Waals surface area contributed by atoms with E-state index in [1.54, 1.807) is 12.1 Å². The van der Waals surface area contributed by atoms with E-state index in [1.807, 2.05) is 13.8 Å². The Morgan fingerprint density at radius 1 is 1.25 bits per heavy atom. The average Bonchev–Trinajstić information content (AvgIpc) is 2.37. The van der Waals surface area contributed by atoms with E-state index in [4.69, 9.17) is 11.6 Å². The van der Waals surface area contributed by atoms with Crippen LogP contribution in [0.3, 0.4) is 0 Å². The van der Waals surface area contributed by atoms with Crippen LogP contribution >= 0.6 is 11.6 Å². The van der Waals surface area contributed by atoms with Crippen LogP contribution in [0.5, 0.6) is 0 Å². The molecular formula is C13H15ClFN5. The zero-order chi connectivity index (χ0) is 14.5. The number of rotatable bonds is 5. The van der Waals surface area contributed by atoms with Gasteiger partial charge in [0, 0.05) is 11.7 Å². The molecule has 7 heteroatoms. The molecule has 0 aliphatic heterocycles. The summed E-state index contributed by atoms with van der Waals surface area (Å²) in [6.45, 7) is 4.06. The predicted octanol–water partition coefficient (Wildman–Crippen LogP) is 3.62. The second-order valence-corrected chi connectivity index (χ2v) is 4.68. The normalized spacial score (nSPS) is 12.0. The summed E-state index contributed by atoms with van der Waals surface area (Å²) >= 11 is 5.86. The van der Waals surface area contributed by atoms with Gasteiger partial charge in [-0.2, -0.15) is 15.0 Å². The molecule has 0 aliphatic carbocycles. The first-order chi connectivity index (χ1) is 9.56. The third kappa shape index (κ3) is 4.03. The molecule has 0 aliphatic rings. The largest absolute Gasteiger partial charge is 0.352 e. The smallest absolute Gasteiger partial charge is 0.233 e. The van der Waals surface area contributed by atoms with E-state index >= 15 is 0 Å². The monoisotopic (exact) mass is 295 g/mol. The standard InChI is InChI=1S/C13H15ClFN5/c1-3-8(2)16-12-18-11(14)19-13(20-12)17-10-6-4-5-9(15)7-10/h4-8H,3H2,1-2H3,(H2,16,17,18,19,20)/t8-/m1/s1. The highest BCUT2D eigenvalue weighted by atomic mass is 35.5. The van der Waals surface area contributed by atoms with E-state index in [1.165, 1.54) is 12.1 Å². The topological polar surface area (TPSA) is 62.7 Å². The summed E-state index contributed by atoms with van der Waals surface area (Å²) in [5.74, 6) is 0.313. The Morgan fingerprint density at radius 2 is 2.00 bits per heavy atom. The van der Waals surface area contributed by atoms with Crippen LogP contribution < -0.4 is 10.6 Å². The Bertz CT molecular complexity index is 593. The van der Waals surface area contributed by atoms with E-state index in [2.05, 4.69) is 25.6 Å². The number of nitrogens with zero attached hydrogens (tertiary/aromatic N) is 3. The molecule has 1 aromatic carbocycles. The van der Waals surface area contributed by atoms with Crippen LogP contribution in [0.2, 0.25) is 5.28 Å². The van der Waals surface area contributed by atoms with Crippen LogP contribution in [0.15, 0.2) is 24.3 Å². The first kappa shape index (κ1) is 14.5. The van der Waals surface area contributed by atoms with Crippen molar-refractivity contribution in [1.29, 1.82) is 0 Å². The number of anilines is 3. The van der Waals surface area contributed by atoms with Gasteiger partial charge in [-0.1, -0.05) is 13.0 Å². The van der Waals surface area contributed by atoms with Crippen LogP contribution in [0.25, 0.3) is 0 Å². The molecular weight excluding hydrogens is 281 g/mol. The van der Waals surface area contributed by atoms with Gasteiger partial charge in [0.05, 0.1) is 0 Å². The number of halogens is 2.